The molecule has 2 atom stereocenters. The molecular weight excluding hydrogens is 495 g/mol. The third-order valence-corrected chi connectivity index (χ3v) is 7.32. The summed E-state index contributed by atoms with van der Waals surface area (Å²) in [4.78, 5) is 4.57. The average Bonchev–Trinajstić information content (AvgIpc) is 3.07. The maximum absolute atomic E-state index is 12.5. The summed E-state index contributed by atoms with van der Waals surface area (Å²) in [6.45, 7) is 4.47. The fourth-order valence-corrected chi connectivity index (χ4v) is 5.27. The molecule has 1 aliphatic rings. The van der Waals surface area contributed by atoms with E-state index in [-0.39, 0.29) is 24.0 Å². The van der Waals surface area contributed by atoms with E-state index in [9.17, 15) is 8.42 Å². The van der Waals surface area contributed by atoms with E-state index >= 15 is 0 Å². The number of nitrogens with one attached hydrogen (secondary N) is 3. The number of nitrogens with zero attached hydrogens (tertiary/aromatic N) is 1. The first-order valence-electron chi connectivity index (χ1n) is 8.92. The Bertz CT molecular complexity index is 741. The van der Waals surface area contributed by atoms with E-state index in [2.05, 4.69) is 26.6 Å². The highest BCUT2D eigenvalue weighted by atomic mass is 127. The molecule has 154 valence electrons. The predicted octanol–water partition coefficient (Wildman–Crippen LogP) is 2.65. The van der Waals surface area contributed by atoms with Gasteiger partial charge in [0.15, 0.2) is 5.96 Å². The summed E-state index contributed by atoms with van der Waals surface area (Å²) < 4.78 is 27.6. The molecule has 1 aliphatic carbocycles. The van der Waals surface area contributed by atoms with Crippen molar-refractivity contribution < 1.29 is 8.42 Å². The van der Waals surface area contributed by atoms with E-state index < -0.39 is 10.0 Å². The molecule has 3 N–H and O–H groups in total. The van der Waals surface area contributed by atoms with Crippen molar-refractivity contribution >= 4 is 51.7 Å². The average molecular weight is 527 g/mol. The second kappa shape index (κ2) is 11.5. The normalized spacial score (nSPS) is 20.2. The van der Waals surface area contributed by atoms with Crippen LogP contribution in [0.2, 0.25) is 0 Å². The molecule has 0 aromatic heterocycles. The van der Waals surface area contributed by atoms with Crippen LogP contribution in [0, 0.1) is 13.8 Å². The van der Waals surface area contributed by atoms with E-state index in [0.717, 1.165) is 35.2 Å². The minimum absolute atomic E-state index is 0. The monoisotopic (exact) mass is 526 g/mol. The van der Waals surface area contributed by atoms with Crippen molar-refractivity contribution in [2.75, 3.05) is 26.4 Å². The van der Waals surface area contributed by atoms with Crippen molar-refractivity contribution in [1.82, 2.24) is 15.4 Å². The van der Waals surface area contributed by atoms with Gasteiger partial charge in [-0.15, -0.1) is 24.0 Å². The molecule has 1 saturated carbocycles. The Morgan fingerprint density at radius 1 is 1.26 bits per heavy atom. The number of thioether (sulfide) groups is 1. The lowest BCUT2D eigenvalue weighted by atomic mass is 10.2. The number of aryl methyl sites for hydroxylation is 2. The fourth-order valence-electron chi connectivity index (χ4n) is 3.11. The summed E-state index contributed by atoms with van der Waals surface area (Å²) in [6.07, 6.45) is 5.67. The molecule has 9 heteroatoms. The van der Waals surface area contributed by atoms with Crippen molar-refractivity contribution in [2.45, 2.75) is 49.3 Å². The highest BCUT2D eigenvalue weighted by Gasteiger charge is 2.24. The molecule has 0 bridgehead atoms. The van der Waals surface area contributed by atoms with E-state index in [0.29, 0.717) is 24.0 Å². The van der Waals surface area contributed by atoms with Gasteiger partial charge in [0.05, 0.1) is 4.90 Å². The Morgan fingerprint density at radius 2 is 2.00 bits per heavy atom. The number of rotatable bonds is 7. The number of hydrogen-bond acceptors (Lipinski definition) is 4. The Hall–Kier alpha value is -0.520. The van der Waals surface area contributed by atoms with Crippen LogP contribution in [-0.4, -0.2) is 52.1 Å². The quantitative estimate of drug-likeness (QED) is 0.220. The lowest BCUT2D eigenvalue weighted by Crippen LogP contribution is -2.45. The van der Waals surface area contributed by atoms with Gasteiger partial charge in [0.25, 0.3) is 0 Å². The molecule has 27 heavy (non-hydrogen) atoms. The van der Waals surface area contributed by atoms with Crippen LogP contribution in [0.15, 0.2) is 28.1 Å². The third-order valence-electron chi connectivity index (χ3n) is 4.62. The molecular formula is C18H31IN4O2S2. The van der Waals surface area contributed by atoms with Gasteiger partial charge in [0, 0.05) is 31.4 Å². The molecule has 0 radical (unpaired) electrons. The van der Waals surface area contributed by atoms with Crippen molar-refractivity contribution in [1.29, 1.82) is 0 Å². The lowest BCUT2D eigenvalue weighted by molar-refractivity contribution is 0.578. The third kappa shape index (κ3) is 7.43. The first-order valence-corrected chi connectivity index (χ1v) is 11.7. The maximum Gasteiger partial charge on any atom is 0.240 e. The van der Waals surface area contributed by atoms with Crippen LogP contribution in [0.3, 0.4) is 0 Å². The zero-order valence-corrected chi connectivity index (χ0v) is 20.4. The van der Waals surface area contributed by atoms with Gasteiger partial charge < -0.3 is 10.6 Å². The molecule has 1 aromatic rings. The van der Waals surface area contributed by atoms with Gasteiger partial charge in [0.2, 0.25) is 10.0 Å². The number of guanidine groups is 1. The minimum Gasteiger partial charge on any atom is -0.355 e. The van der Waals surface area contributed by atoms with Crippen molar-refractivity contribution in [3.05, 3.63) is 29.3 Å². The fraction of sp³-hybridized carbons (Fsp3) is 0.611. The van der Waals surface area contributed by atoms with E-state index in [1.165, 1.54) is 6.42 Å². The Balaban J connectivity index is 0.00000364. The second-order valence-electron chi connectivity index (χ2n) is 6.68. The summed E-state index contributed by atoms with van der Waals surface area (Å²) in [7, 11) is -1.77. The number of hydrogen-bond donors (Lipinski definition) is 3. The second-order valence-corrected chi connectivity index (χ2v) is 9.55. The van der Waals surface area contributed by atoms with Gasteiger partial charge in [-0.25, -0.2) is 13.1 Å². The van der Waals surface area contributed by atoms with E-state index in [1.54, 1.807) is 13.1 Å². The van der Waals surface area contributed by atoms with Crippen LogP contribution in [0.25, 0.3) is 0 Å². The van der Waals surface area contributed by atoms with Crippen molar-refractivity contribution in [2.24, 2.45) is 4.99 Å². The number of benzene rings is 1. The highest BCUT2D eigenvalue weighted by Crippen LogP contribution is 2.27. The summed E-state index contributed by atoms with van der Waals surface area (Å²) in [6, 6.07) is 5.88. The standard InChI is InChI=1S/C18H30N4O2S2.HI/c1-13-5-6-14(2)17(11-13)26(23,24)21-10-9-20-18(19-3)22-15-7-8-16(12-15)25-4;/h5-6,11,15-16,21H,7-10,12H2,1-4H3,(H2,19,20,22);1H. The molecule has 2 rings (SSSR count). The molecule has 0 amide bonds. The summed E-state index contributed by atoms with van der Waals surface area (Å²) >= 11 is 1.92. The first-order chi connectivity index (χ1) is 12.4. The van der Waals surface area contributed by atoms with Gasteiger partial charge in [-0.1, -0.05) is 12.1 Å². The van der Waals surface area contributed by atoms with Crippen molar-refractivity contribution in [3.8, 4) is 0 Å². The van der Waals surface area contributed by atoms with Gasteiger partial charge in [-0.05, 0) is 56.6 Å². The predicted molar refractivity (Wildman–Crippen MR) is 126 cm³/mol. The van der Waals surface area contributed by atoms with Crippen LogP contribution in [0.4, 0.5) is 0 Å². The van der Waals surface area contributed by atoms with Crippen LogP contribution in [-0.2, 0) is 10.0 Å². The number of sulfonamides is 1. The van der Waals surface area contributed by atoms with Crippen LogP contribution < -0.4 is 15.4 Å². The molecule has 2 unspecified atom stereocenters. The maximum atomic E-state index is 12.5. The Labute approximate surface area is 184 Å². The molecule has 1 aromatic carbocycles. The van der Waals surface area contributed by atoms with Crippen LogP contribution >= 0.6 is 35.7 Å². The molecule has 6 nitrogen and oxygen atoms in total. The largest absolute Gasteiger partial charge is 0.355 e. The van der Waals surface area contributed by atoms with Gasteiger partial charge in [-0.3, -0.25) is 4.99 Å². The zero-order chi connectivity index (χ0) is 19.2. The molecule has 0 saturated heterocycles. The first kappa shape index (κ1) is 24.5. The molecule has 1 fully saturated rings. The summed E-state index contributed by atoms with van der Waals surface area (Å²) in [5.41, 5.74) is 1.68. The van der Waals surface area contributed by atoms with Gasteiger partial charge in [0.1, 0.15) is 0 Å². The van der Waals surface area contributed by atoms with Crippen LogP contribution in [0.5, 0.6) is 0 Å². The topological polar surface area (TPSA) is 82.6 Å². The van der Waals surface area contributed by atoms with E-state index in [4.69, 9.17) is 0 Å². The smallest absolute Gasteiger partial charge is 0.240 e. The SMILES string of the molecule is CN=C(NCCNS(=O)(=O)c1cc(C)ccc1C)NC1CCC(SC)C1.I. The van der Waals surface area contributed by atoms with Crippen LogP contribution in [0.1, 0.15) is 30.4 Å². The lowest BCUT2D eigenvalue weighted by Gasteiger charge is -2.17. The summed E-state index contributed by atoms with van der Waals surface area (Å²) in [5, 5.41) is 7.33. The van der Waals surface area contributed by atoms with Crippen molar-refractivity contribution in [3.63, 3.8) is 0 Å². The molecule has 0 heterocycles. The number of halogens is 1. The zero-order valence-electron chi connectivity index (χ0n) is 16.4. The molecule has 0 aliphatic heterocycles. The minimum atomic E-state index is -3.50. The highest BCUT2D eigenvalue weighted by molar-refractivity contribution is 14.0. The summed E-state index contributed by atoms with van der Waals surface area (Å²) in [5.74, 6) is 0.725. The molecule has 0 spiro atoms. The Morgan fingerprint density at radius 3 is 2.63 bits per heavy atom. The van der Waals surface area contributed by atoms with E-state index in [1.807, 2.05) is 37.7 Å². The Kier molecular flexibility index (Phi) is 10.4. The van der Waals surface area contributed by atoms with Gasteiger partial charge >= 0.3 is 0 Å². The number of aliphatic imine (C=N–C) groups is 1. The van der Waals surface area contributed by atoms with Gasteiger partial charge in [-0.2, -0.15) is 11.8 Å².